The molecule has 14 heavy (non-hydrogen) atoms. The molecule has 0 bridgehead atoms. The lowest BCUT2D eigenvalue weighted by atomic mass is 10.1. The van der Waals surface area contributed by atoms with Gasteiger partial charge in [0.15, 0.2) is 0 Å². The highest BCUT2D eigenvalue weighted by molar-refractivity contribution is 6.32. The average Bonchev–Trinajstić information content (AvgIpc) is 2.17. The van der Waals surface area contributed by atoms with Crippen LogP contribution in [0.1, 0.15) is 11.6 Å². The van der Waals surface area contributed by atoms with Crippen molar-refractivity contribution in [2.45, 2.75) is 6.04 Å². The summed E-state index contributed by atoms with van der Waals surface area (Å²) in [6.07, 6.45) is 0. The molecule has 0 radical (unpaired) electrons. The average molecular weight is 217 g/mol. The van der Waals surface area contributed by atoms with Gasteiger partial charge in [-0.05, 0) is 11.6 Å². The van der Waals surface area contributed by atoms with E-state index in [1.165, 1.54) is 12.1 Å². The summed E-state index contributed by atoms with van der Waals surface area (Å²) in [5.41, 5.74) is 5.79. The maximum Gasteiger partial charge on any atom is 0.288 e. The van der Waals surface area contributed by atoms with Crippen molar-refractivity contribution < 1.29 is 10.0 Å². The molecule has 1 rings (SSSR count). The predicted octanol–water partition coefficient (Wildman–Crippen LogP) is 1.24. The maximum atomic E-state index is 10.5. The smallest absolute Gasteiger partial charge is 0.288 e. The minimum Gasteiger partial charge on any atom is -0.394 e. The van der Waals surface area contributed by atoms with Crippen molar-refractivity contribution in [3.05, 3.63) is 38.9 Å². The van der Waals surface area contributed by atoms with E-state index in [9.17, 15) is 10.1 Å². The van der Waals surface area contributed by atoms with Gasteiger partial charge < -0.3 is 10.8 Å². The Bertz CT molecular complexity index is 356. The van der Waals surface area contributed by atoms with Gasteiger partial charge in [-0.1, -0.05) is 17.7 Å². The molecule has 0 unspecified atom stereocenters. The molecule has 0 aliphatic rings. The van der Waals surface area contributed by atoms with Crippen molar-refractivity contribution in [3.8, 4) is 0 Å². The Morgan fingerprint density at radius 1 is 1.64 bits per heavy atom. The van der Waals surface area contributed by atoms with E-state index in [-0.39, 0.29) is 17.3 Å². The van der Waals surface area contributed by atoms with Gasteiger partial charge in [-0.25, -0.2) is 0 Å². The van der Waals surface area contributed by atoms with E-state index in [4.69, 9.17) is 22.4 Å². The second-order valence-corrected chi connectivity index (χ2v) is 3.16. The van der Waals surface area contributed by atoms with E-state index in [0.717, 1.165) is 0 Å². The minimum absolute atomic E-state index is 0.0592. The van der Waals surface area contributed by atoms with Crippen molar-refractivity contribution >= 4 is 17.3 Å². The largest absolute Gasteiger partial charge is 0.394 e. The van der Waals surface area contributed by atoms with Gasteiger partial charge in [-0.2, -0.15) is 0 Å². The molecule has 0 saturated heterocycles. The minimum atomic E-state index is -0.619. The predicted molar refractivity (Wildman–Crippen MR) is 52.1 cm³/mol. The van der Waals surface area contributed by atoms with Crippen LogP contribution in [0.25, 0.3) is 0 Å². The van der Waals surface area contributed by atoms with Gasteiger partial charge in [-0.3, -0.25) is 10.1 Å². The first-order valence-corrected chi connectivity index (χ1v) is 4.24. The standard InChI is InChI=1S/C8H9ClN2O3/c9-6-2-1-5(7(10)4-12)3-8(6)11(13)14/h1-3,7,12H,4,10H2/t7-/m1/s1. The monoisotopic (exact) mass is 216 g/mol. The number of aliphatic hydroxyl groups excluding tert-OH is 1. The number of benzene rings is 1. The molecule has 0 amide bonds. The number of nitro benzene ring substituents is 1. The normalized spacial score (nSPS) is 12.5. The van der Waals surface area contributed by atoms with Crippen molar-refractivity contribution in [1.82, 2.24) is 0 Å². The van der Waals surface area contributed by atoms with Crippen LogP contribution in [0.15, 0.2) is 18.2 Å². The SMILES string of the molecule is N[C@H](CO)c1ccc(Cl)c([N+](=O)[O-])c1. The summed E-state index contributed by atoms with van der Waals surface area (Å²) < 4.78 is 0. The molecular weight excluding hydrogens is 208 g/mol. The molecule has 1 aromatic rings. The first kappa shape index (κ1) is 10.9. The molecule has 6 heteroatoms. The molecule has 1 atom stereocenters. The molecular formula is C8H9ClN2O3. The second kappa shape index (κ2) is 4.36. The molecule has 3 N–H and O–H groups in total. The van der Waals surface area contributed by atoms with Gasteiger partial charge in [0.1, 0.15) is 5.02 Å². The van der Waals surface area contributed by atoms with E-state index in [0.29, 0.717) is 5.56 Å². The van der Waals surface area contributed by atoms with Gasteiger partial charge in [0, 0.05) is 6.07 Å². The topological polar surface area (TPSA) is 89.4 Å². The Morgan fingerprint density at radius 3 is 2.79 bits per heavy atom. The van der Waals surface area contributed by atoms with E-state index in [1.54, 1.807) is 6.07 Å². The lowest BCUT2D eigenvalue weighted by molar-refractivity contribution is -0.384. The van der Waals surface area contributed by atoms with Gasteiger partial charge in [-0.15, -0.1) is 0 Å². The van der Waals surface area contributed by atoms with Crippen LogP contribution in [0.2, 0.25) is 5.02 Å². The molecule has 0 spiro atoms. The molecule has 0 aromatic heterocycles. The number of nitrogens with two attached hydrogens (primary N) is 1. The van der Waals surface area contributed by atoms with E-state index in [2.05, 4.69) is 0 Å². The number of halogens is 1. The highest BCUT2D eigenvalue weighted by Gasteiger charge is 2.15. The zero-order valence-corrected chi connectivity index (χ0v) is 7.94. The third-order valence-electron chi connectivity index (χ3n) is 1.79. The summed E-state index contributed by atoms with van der Waals surface area (Å²) in [6.45, 7) is -0.265. The number of hydrogen-bond acceptors (Lipinski definition) is 4. The van der Waals surface area contributed by atoms with Crippen LogP contribution in [-0.4, -0.2) is 16.6 Å². The summed E-state index contributed by atoms with van der Waals surface area (Å²) in [7, 11) is 0. The summed E-state index contributed by atoms with van der Waals surface area (Å²) in [4.78, 5) is 9.92. The highest BCUT2D eigenvalue weighted by Crippen LogP contribution is 2.26. The molecule has 5 nitrogen and oxygen atoms in total. The Labute approximate surface area is 85.3 Å². The molecule has 76 valence electrons. The Balaban J connectivity index is 3.12. The first-order valence-electron chi connectivity index (χ1n) is 3.86. The van der Waals surface area contributed by atoms with Gasteiger partial charge >= 0.3 is 0 Å². The third kappa shape index (κ3) is 2.20. The fourth-order valence-corrected chi connectivity index (χ4v) is 1.19. The molecule has 0 aliphatic carbocycles. The van der Waals surface area contributed by atoms with Crippen molar-refractivity contribution in [3.63, 3.8) is 0 Å². The van der Waals surface area contributed by atoms with E-state index < -0.39 is 11.0 Å². The van der Waals surface area contributed by atoms with E-state index in [1.807, 2.05) is 0 Å². The fraction of sp³-hybridized carbons (Fsp3) is 0.250. The fourth-order valence-electron chi connectivity index (χ4n) is 1.01. The molecule has 1 aromatic carbocycles. The Kier molecular flexibility index (Phi) is 3.40. The lowest BCUT2D eigenvalue weighted by Gasteiger charge is -2.07. The number of nitro groups is 1. The Morgan fingerprint density at radius 2 is 2.29 bits per heavy atom. The van der Waals surface area contributed by atoms with Gasteiger partial charge in [0.05, 0.1) is 17.6 Å². The van der Waals surface area contributed by atoms with Crippen LogP contribution >= 0.6 is 11.6 Å². The van der Waals surface area contributed by atoms with Crippen LogP contribution in [0.3, 0.4) is 0 Å². The van der Waals surface area contributed by atoms with Crippen LogP contribution in [0.5, 0.6) is 0 Å². The van der Waals surface area contributed by atoms with Crippen molar-refractivity contribution in [2.24, 2.45) is 5.73 Å². The molecule has 0 heterocycles. The molecule has 0 saturated carbocycles. The number of aliphatic hydroxyl groups is 1. The molecule has 0 fully saturated rings. The highest BCUT2D eigenvalue weighted by atomic mass is 35.5. The quantitative estimate of drug-likeness (QED) is 0.588. The summed E-state index contributed by atoms with van der Waals surface area (Å²) in [6, 6.07) is 3.59. The summed E-state index contributed by atoms with van der Waals surface area (Å²) >= 11 is 5.59. The first-order chi connectivity index (χ1) is 6.56. The second-order valence-electron chi connectivity index (χ2n) is 2.76. The number of hydrogen-bond donors (Lipinski definition) is 2. The summed E-state index contributed by atoms with van der Waals surface area (Å²) in [5.74, 6) is 0. The van der Waals surface area contributed by atoms with E-state index >= 15 is 0 Å². The summed E-state index contributed by atoms with van der Waals surface area (Å²) in [5, 5.41) is 19.3. The maximum absolute atomic E-state index is 10.5. The lowest BCUT2D eigenvalue weighted by Crippen LogP contribution is -2.14. The zero-order chi connectivity index (χ0) is 10.7. The van der Waals surface area contributed by atoms with Crippen LogP contribution in [0.4, 0.5) is 5.69 Å². The zero-order valence-electron chi connectivity index (χ0n) is 7.18. The van der Waals surface area contributed by atoms with Crippen molar-refractivity contribution in [1.29, 1.82) is 0 Å². The van der Waals surface area contributed by atoms with Crippen LogP contribution < -0.4 is 5.73 Å². The Hall–Kier alpha value is -1.17. The van der Waals surface area contributed by atoms with Gasteiger partial charge in [0.2, 0.25) is 0 Å². The third-order valence-corrected chi connectivity index (χ3v) is 2.11. The van der Waals surface area contributed by atoms with Crippen LogP contribution in [0, 0.1) is 10.1 Å². The van der Waals surface area contributed by atoms with Crippen LogP contribution in [-0.2, 0) is 0 Å². The molecule has 0 aliphatic heterocycles. The number of nitrogens with zero attached hydrogens (tertiary/aromatic N) is 1. The van der Waals surface area contributed by atoms with Crippen molar-refractivity contribution in [2.75, 3.05) is 6.61 Å². The number of rotatable bonds is 3. The van der Waals surface area contributed by atoms with Gasteiger partial charge in [0.25, 0.3) is 5.69 Å².